The number of ketones is 1. The molecule has 8 aliphatic carbocycles. The lowest BCUT2D eigenvalue weighted by Crippen LogP contribution is -2.57. The van der Waals surface area contributed by atoms with Crippen LogP contribution in [0.5, 0.6) is 23.0 Å². The van der Waals surface area contributed by atoms with Gasteiger partial charge in [-0.15, -0.1) is 0 Å². The average molecular weight is 1990 g/mol. The van der Waals surface area contributed by atoms with E-state index in [-0.39, 0.29) is 160 Å². The largest absolute Gasteiger partial charge is 0.482 e. The smallest absolute Gasteiger partial charge is 0.344 e. The van der Waals surface area contributed by atoms with Crippen molar-refractivity contribution in [2.45, 2.75) is 208 Å². The molecule has 29 rings (SSSR count). The van der Waals surface area contributed by atoms with Gasteiger partial charge in [0.05, 0.1) is 66.8 Å². The van der Waals surface area contributed by atoms with E-state index in [1.54, 1.807) is 0 Å². The SMILES string of the molecule is O=C(COc1ccc([S+]2c3ccccc3Cc3ccccc32)cc1)OC12CC3CC(C1)C(=O)C(C3)C2.O=C(COc1ccc([S+]2c3ccccc3Cc3ccccc32)cc1)OC1C2CC3C(=O)OC1C3C2.O=C(COc1ccc([S+]2c3ccccc3Cc3ccccc32)cc1)OC1C2CC3C(=O)OC1C3O2.O=C(COc1ccc([S+]2c3ccccc3Cc3ccccc32)cc1)OC1C2CC3C1OS(=O)(=O)C3C2. The van der Waals surface area contributed by atoms with Crippen molar-refractivity contribution in [3.8, 4) is 23.0 Å². The monoisotopic (exact) mass is 1990 g/mol. The molecule has 17 aliphatic rings. The molecule has 718 valence electrons. The molecular formula is C116H102O21S5+4. The summed E-state index contributed by atoms with van der Waals surface area (Å²) in [6.07, 6.45) is 8.35. The van der Waals surface area contributed by atoms with Gasteiger partial charge in [-0.1, -0.05) is 146 Å². The molecule has 17 atom stereocenters. The van der Waals surface area contributed by atoms with Crippen molar-refractivity contribution in [1.29, 1.82) is 0 Å². The summed E-state index contributed by atoms with van der Waals surface area (Å²) in [5.74, 6) is 1.73. The summed E-state index contributed by atoms with van der Waals surface area (Å²) in [6, 6.07) is 101. The molecule has 17 unspecified atom stereocenters. The molecule has 0 amide bonds. The van der Waals surface area contributed by atoms with Gasteiger partial charge in [0, 0.05) is 106 Å². The molecule has 0 spiro atoms. The second-order valence-corrected chi connectivity index (χ2v) is 49.5. The first-order valence-electron chi connectivity index (χ1n) is 49.2. The Morgan fingerprint density at radius 1 is 0.324 bits per heavy atom. The van der Waals surface area contributed by atoms with E-state index in [1.807, 2.05) is 48.5 Å². The first-order valence-corrected chi connectivity index (χ1v) is 55.6. The van der Waals surface area contributed by atoms with Crippen LogP contribution in [0.1, 0.15) is 109 Å². The van der Waals surface area contributed by atoms with Gasteiger partial charge < -0.3 is 52.1 Å². The van der Waals surface area contributed by atoms with Gasteiger partial charge in [-0.25, -0.2) is 19.2 Å². The fourth-order valence-electron chi connectivity index (χ4n) is 25.5. The minimum atomic E-state index is -3.53. The Bertz CT molecular complexity index is 6710. The van der Waals surface area contributed by atoms with Crippen LogP contribution < -0.4 is 18.9 Å². The van der Waals surface area contributed by atoms with Gasteiger partial charge >= 0.3 is 35.8 Å². The van der Waals surface area contributed by atoms with Crippen LogP contribution in [0.15, 0.2) is 350 Å². The molecule has 10 bridgehead atoms. The highest BCUT2D eigenvalue weighted by Gasteiger charge is 2.68. The van der Waals surface area contributed by atoms with Gasteiger partial charge in [0.2, 0.25) is 0 Å². The zero-order valence-electron chi connectivity index (χ0n) is 77.4. The highest BCUT2D eigenvalue weighted by molar-refractivity contribution is 7.98. The molecule has 5 saturated heterocycles. The van der Waals surface area contributed by atoms with Crippen LogP contribution in [0.25, 0.3) is 0 Å². The lowest BCUT2D eigenvalue weighted by Gasteiger charge is -2.54. The van der Waals surface area contributed by atoms with Crippen molar-refractivity contribution in [1.82, 2.24) is 0 Å². The third-order valence-electron chi connectivity index (χ3n) is 31.4. The van der Waals surface area contributed by atoms with Crippen molar-refractivity contribution in [2.75, 3.05) is 26.4 Å². The maximum Gasteiger partial charge on any atom is 0.344 e. The molecule has 26 heteroatoms. The highest BCUT2D eigenvalue weighted by Crippen LogP contribution is 2.60. The summed E-state index contributed by atoms with van der Waals surface area (Å²) in [4.78, 5) is 102. The molecule has 142 heavy (non-hydrogen) atoms. The highest BCUT2D eigenvalue weighted by atomic mass is 32.2. The van der Waals surface area contributed by atoms with Gasteiger partial charge in [0.15, 0.2) is 97.4 Å². The van der Waals surface area contributed by atoms with Gasteiger partial charge in [-0.2, -0.15) is 8.42 Å². The Hall–Kier alpha value is -12.4. The summed E-state index contributed by atoms with van der Waals surface area (Å²) in [5, 5.41) is -0.430. The van der Waals surface area contributed by atoms with Crippen molar-refractivity contribution >= 4 is 95.3 Å². The molecule has 12 aromatic rings. The van der Waals surface area contributed by atoms with Gasteiger partial charge in [0.1, 0.15) is 64.9 Å². The zero-order valence-corrected chi connectivity index (χ0v) is 81.5. The molecule has 0 radical (unpaired) electrons. The van der Waals surface area contributed by atoms with E-state index < -0.39 is 63.3 Å². The number of Topliss-reactive ketones (excluding diaryl/α,β-unsaturated/α-hetero) is 1. The number of fused-ring (bicyclic) bond motifs is 11. The number of benzene rings is 12. The maximum atomic E-state index is 12.7. The molecule has 12 aromatic carbocycles. The number of carbonyl (C=O) groups is 7. The van der Waals surface area contributed by atoms with Crippen molar-refractivity contribution in [3.63, 3.8) is 0 Å². The Morgan fingerprint density at radius 2 is 0.648 bits per heavy atom. The number of hydrogen-bond acceptors (Lipinski definition) is 21. The molecule has 0 N–H and O–H groups in total. The topological polar surface area (TPSA) is 264 Å². The van der Waals surface area contributed by atoms with Crippen LogP contribution in [0.2, 0.25) is 0 Å². The number of rotatable bonds is 20. The number of hydrogen-bond donors (Lipinski definition) is 0. The lowest BCUT2D eigenvalue weighted by atomic mass is 9.53. The minimum absolute atomic E-state index is 0.0125. The quantitative estimate of drug-likeness (QED) is 0.0297. The van der Waals surface area contributed by atoms with E-state index in [2.05, 4.69) is 243 Å². The van der Waals surface area contributed by atoms with Crippen LogP contribution in [-0.4, -0.2) is 136 Å². The van der Waals surface area contributed by atoms with Crippen molar-refractivity contribution in [2.24, 2.45) is 53.3 Å². The minimum Gasteiger partial charge on any atom is -0.482 e. The second-order valence-electron chi connectivity index (χ2n) is 39.9. The molecule has 9 aliphatic heterocycles. The van der Waals surface area contributed by atoms with Crippen LogP contribution in [-0.2, 0) is 150 Å². The van der Waals surface area contributed by atoms with Crippen molar-refractivity contribution in [3.05, 3.63) is 336 Å². The van der Waals surface area contributed by atoms with Gasteiger partial charge in [-0.3, -0.25) is 18.6 Å². The number of carbonyl (C=O) groups excluding carboxylic acids is 7. The summed E-state index contributed by atoms with van der Waals surface area (Å²) < 4.78 is 92.1. The molecule has 0 aromatic heterocycles. The van der Waals surface area contributed by atoms with E-state index >= 15 is 0 Å². The van der Waals surface area contributed by atoms with E-state index in [0.717, 1.165) is 64.2 Å². The fourth-order valence-corrected chi connectivity index (χ4v) is 36.9. The predicted molar refractivity (Wildman–Crippen MR) is 526 cm³/mol. The Morgan fingerprint density at radius 3 is 1.03 bits per heavy atom. The van der Waals surface area contributed by atoms with E-state index in [9.17, 15) is 42.0 Å². The standard InChI is InChI=1S/C31H29O4S.C29H25O5S.C28H25O6S2.C28H23O6S/c32-29(35-31-16-20-13-23(17-31)30(33)24(14-20)18-31)19-34-25-9-11-26(12-10-25)36-27-7-3-1-5-21(27)15-22-6-2-4-8-28(22)36;30-26(33-27-19-14-22-23(15-19)29(31)34-28(22)27)16-32-20-9-11-21(12-10-20)35-24-7-3-1-5-17(24)13-18-6-2-4-8-25(18)35;29-26(33-27-19-14-22-25(15-19)36(30,31)34-28(22)27)16-32-20-9-11-21(12-10-20)35-23-7-3-1-5-17(23)13-18-6-2-4-8-24(18)35;29-24(33-26-21-14-20-25(32-21)27(26)34-28(20)30)15-31-18-9-11-19(12-10-18)35-22-7-3-1-5-16(22)13-17-6-2-4-8-23(17)35/h1-12,20,23-24H,13-19H2;1-12,19,22-23,27-28H,13-16H2;1-12,19,22,25,27-28H,13-16H2;1-12,20-21,25-27H,13-15H2/q4*+1. The van der Waals surface area contributed by atoms with Crippen LogP contribution in [0.3, 0.4) is 0 Å². The Kier molecular flexibility index (Phi) is 23.9. The Balaban J connectivity index is 0.0000000995. The predicted octanol–water partition coefficient (Wildman–Crippen LogP) is 18.1. The molecule has 9 heterocycles. The number of ether oxygens (including phenoxy) is 11. The summed E-state index contributed by atoms with van der Waals surface area (Å²) in [6.45, 7) is -0.705. The molecular weight excluding hydrogens is 1890 g/mol. The van der Waals surface area contributed by atoms with E-state index in [1.165, 1.54) is 103 Å². The van der Waals surface area contributed by atoms with Crippen LogP contribution in [0.4, 0.5) is 0 Å². The first kappa shape index (κ1) is 90.8. The lowest BCUT2D eigenvalue weighted by molar-refractivity contribution is -0.190. The number of esters is 6. The first-order chi connectivity index (χ1) is 69.3. The summed E-state index contributed by atoms with van der Waals surface area (Å²) >= 11 is 0. The van der Waals surface area contributed by atoms with E-state index in [0.29, 0.717) is 60.4 Å². The van der Waals surface area contributed by atoms with Crippen LogP contribution in [0, 0.1) is 53.3 Å². The molecule has 21 nitrogen and oxygen atoms in total. The van der Waals surface area contributed by atoms with Gasteiger partial charge in [0.25, 0.3) is 10.1 Å². The third kappa shape index (κ3) is 17.0. The van der Waals surface area contributed by atoms with Gasteiger partial charge in [-0.05, 0) is 216 Å². The summed E-state index contributed by atoms with van der Waals surface area (Å²) in [7, 11) is -4.26. The van der Waals surface area contributed by atoms with E-state index in [4.69, 9.17) is 56.3 Å². The fraction of sp³-hybridized carbons (Fsp3) is 0.319. The molecule has 13 fully saturated rings. The average Bonchev–Trinajstić information content (AvgIpc) is 1.33. The normalized spacial score (nSPS) is 28.1. The third-order valence-corrected chi connectivity index (χ3v) is 42.9. The second kappa shape index (κ2) is 37.4. The van der Waals surface area contributed by atoms with Crippen LogP contribution >= 0.6 is 0 Å². The van der Waals surface area contributed by atoms with Crippen molar-refractivity contribution < 1.29 is 98.3 Å². The Labute approximate surface area is 834 Å². The molecule has 8 saturated carbocycles. The zero-order chi connectivity index (χ0) is 95.8. The summed E-state index contributed by atoms with van der Waals surface area (Å²) in [5.41, 5.74) is 10.5. The maximum absolute atomic E-state index is 12.7.